The number of benzene rings is 1. The molecule has 16 heavy (non-hydrogen) atoms. The Kier molecular flexibility index (Phi) is 3.65. The van der Waals surface area contributed by atoms with Gasteiger partial charge in [-0.2, -0.15) is 0 Å². The van der Waals surface area contributed by atoms with Gasteiger partial charge in [0.2, 0.25) is 0 Å². The average molecular weight is 226 g/mol. The van der Waals surface area contributed by atoms with Crippen LogP contribution in [0.3, 0.4) is 0 Å². The van der Waals surface area contributed by atoms with Gasteiger partial charge in [-0.1, -0.05) is 5.16 Å². The van der Waals surface area contributed by atoms with Crippen LogP contribution < -0.4 is 16.4 Å². The van der Waals surface area contributed by atoms with Gasteiger partial charge in [-0.05, 0) is 18.2 Å². The second kappa shape index (κ2) is 4.96. The second-order valence-corrected chi connectivity index (χ2v) is 2.88. The minimum absolute atomic E-state index is 0.0867. The van der Waals surface area contributed by atoms with Crippen LogP contribution in [0.15, 0.2) is 23.4 Å². The molecule has 1 aromatic rings. The quantitative estimate of drug-likeness (QED) is 0.258. The SMILES string of the molecule is CNC(=O)Nc1ccc(F)c(/C(N)=N/O)c1. The van der Waals surface area contributed by atoms with E-state index in [4.69, 9.17) is 10.9 Å². The summed E-state index contributed by atoms with van der Waals surface area (Å²) in [7, 11) is 1.45. The van der Waals surface area contributed by atoms with Crippen LogP contribution in [0.4, 0.5) is 14.9 Å². The van der Waals surface area contributed by atoms with Crippen LogP contribution >= 0.6 is 0 Å². The molecule has 0 heterocycles. The van der Waals surface area contributed by atoms with Crippen LogP contribution in [0.2, 0.25) is 0 Å². The maximum absolute atomic E-state index is 13.2. The highest BCUT2D eigenvalue weighted by molar-refractivity contribution is 5.99. The van der Waals surface area contributed by atoms with E-state index in [0.717, 1.165) is 6.07 Å². The lowest BCUT2D eigenvalue weighted by molar-refractivity contribution is 0.254. The zero-order valence-electron chi connectivity index (χ0n) is 8.49. The molecule has 0 aliphatic heterocycles. The summed E-state index contributed by atoms with van der Waals surface area (Å²) >= 11 is 0. The van der Waals surface area contributed by atoms with Crippen LogP contribution in [0.25, 0.3) is 0 Å². The number of carbonyl (C=O) groups is 1. The second-order valence-electron chi connectivity index (χ2n) is 2.88. The van der Waals surface area contributed by atoms with Crippen molar-refractivity contribution in [3.8, 4) is 0 Å². The number of amides is 2. The predicted octanol–water partition coefficient (Wildman–Crippen LogP) is 0.671. The van der Waals surface area contributed by atoms with Crippen molar-refractivity contribution in [1.29, 1.82) is 0 Å². The van der Waals surface area contributed by atoms with E-state index in [1.54, 1.807) is 0 Å². The van der Waals surface area contributed by atoms with Gasteiger partial charge in [0.05, 0.1) is 5.56 Å². The van der Waals surface area contributed by atoms with Crippen molar-refractivity contribution in [3.05, 3.63) is 29.6 Å². The molecule has 0 saturated heterocycles. The fourth-order valence-electron chi connectivity index (χ4n) is 1.05. The smallest absolute Gasteiger partial charge is 0.318 e. The molecule has 0 atom stereocenters. The fourth-order valence-corrected chi connectivity index (χ4v) is 1.05. The largest absolute Gasteiger partial charge is 0.409 e. The lowest BCUT2D eigenvalue weighted by Crippen LogP contribution is -2.25. The van der Waals surface area contributed by atoms with E-state index in [0.29, 0.717) is 5.69 Å². The number of carbonyl (C=O) groups excluding carboxylic acids is 1. The van der Waals surface area contributed by atoms with Gasteiger partial charge >= 0.3 is 6.03 Å². The number of hydrogen-bond acceptors (Lipinski definition) is 3. The number of halogens is 1. The first-order valence-electron chi connectivity index (χ1n) is 4.34. The molecule has 0 radical (unpaired) electrons. The third kappa shape index (κ3) is 2.59. The predicted molar refractivity (Wildman–Crippen MR) is 57.0 cm³/mol. The van der Waals surface area contributed by atoms with E-state index in [1.165, 1.54) is 19.2 Å². The molecule has 2 amide bonds. The molecular formula is C9H11FN4O2. The molecule has 0 bridgehead atoms. The van der Waals surface area contributed by atoms with Gasteiger partial charge in [-0.25, -0.2) is 9.18 Å². The average Bonchev–Trinajstić information content (AvgIpc) is 2.30. The molecule has 0 spiro atoms. The number of oxime groups is 1. The number of rotatable bonds is 2. The Hall–Kier alpha value is -2.31. The molecule has 86 valence electrons. The van der Waals surface area contributed by atoms with E-state index < -0.39 is 11.8 Å². The Balaban J connectivity index is 3.03. The van der Waals surface area contributed by atoms with Crippen molar-refractivity contribution in [1.82, 2.24) is 5.32 Å². The van der Waals surface area contributed by atoms with Crippen molar-refractivity contribution in [3.63, 3.8) is 0 Å². The fraction of sp³-hybridized carbons (Fsp3) is 0.111. The molecular weight excluding hydrogens is 215 g/mol. The third-order valence-electron chi connectivity index (χ3n) is 1.83. The van der Waals surface area contributed by atoms with Crippen LogP contribution in [0.5, 0.6) is 0 Å². The molecule has 0 aliphatic rings. The topological polar surface area (TPSA) is 99.7 Å². The van der Waals surface area contributed by atoms with Crippen molar-refractivity contribution >= 4 is 17.6 Å². The maximum Gasteiger partial charge on any atom is 0.318 e. The van der Waals surface area contributed by atoms with Gasteiger partial charge in [0.15, 0.2) is 5.84 Å². The number of nitrogens with two attached hydrogens (primary N) is 1. The number of nitrogens with zero attached hydrogens (tertiary/aromatic N) is 1. The number of amidine groups is 1. The molecule has 1 rings (SSSR count). The van der Waals surface area contributed by atoms with Crippen LogP contribution in [-0.2, 0) is 0 Å². The first-order chi connectivity index (χ1) is 7.58. The first-order valence-corrected chi connectivity index (χ1v) is 4.34. The van der Waals surface area contributed by atoms with Gasteiger partial charge < -0.3 is 21.6 Å². The normalized spacial score (nSPS) is 11.0. The standard InChI is InChI=1S/C9H11FN4O2/c1-12-9(15)13-5-2-3-7(10)6(4-5)8(11)14-16/h2-4,16H,1H3,(H2,11,14)(H2,12,13,15). The molecule has 0 unspecified atom stereocenters. The summed E-state index contributed by atoms with van der Waals surface area (Å²) in [5.74, 6) is -1.00. The van der Waals surface area contributed by atoms with E-state index in [-0.39, 0.29) is 11.4 Å². The zero-order chi connectivity index (χ0) is 12.1. The monoisotopic (exact) mass is 226 g/mol. The van der Waals surface area contributed by atoms with E-state index in [9.17, 15) is 9.18 Å². The van der Waals surface area contributed by atoms with E-state index >= 15 is 0 Å². The summed E-state index contributed by atoms with van der Waals surface area (Å²) in [5, 5.41) is 15.9. The van der Waals surface area contributed by atoms with Crippen molar-refractivity contribution in [2.24, 2.45) is 10.9 Å². The Bertz CT molecular complexity index is 434. The van der Waals surface area contributed by atoms with Crippen molar-refractivity contribution in [2.75, 3.05) is 12.4 Å². The van der Waals surface area contributed by atoms with Crippen LogP contribution in [0, 0.1) is 5.82 Å². The first kappa shape index (κ1) is 11.8. The van der Waals surface area contributed by atoms with Crippen LogP contribution in [-0.4, -0.2) is 24.1 Å². The van der Waals surface area contributed by atoms with E-state index in [2.05, 4.69) is 15.8 Å². The minimum atomic E-state index is -0.641. The summed E-state index contributed by atoms with van der Waals surface area (Å²) in [6.45, 7) is 0. The number of nitrogens with one attached hydrogen (secondary N) is 2. The third-order valence-corrected chi connectivity index (χ3v) is 1.83. The molecule has 0 saturated carbocycles. The lowest BCUT2D eigenvalue weighted by atomic mass is 10.1. The van der Waals surface area contributed by atoms with Gasteiger partial charge in [-0.3, -0.25) is 0 Å². The highest BCUT2D eigenvalue weighted by atomic mass is 19.1. The lowest BCUT2D eigenvalue weighted by Gasteiger charge is -2.07. The molecule has 5 N–H and O–H groups in total. The molecule has 0 aromatic heterocycles. The number of anilines is 1. The molecule has 7 heteroatoms. The van der Waals surface area contributed by atoms with Crippen LogP contribution in [0.1, 0.15) is 5.56 Å². The van der Waals surface area contributed by atoms with Crippen molar-refractivity contribution in [2.45, 2.75) is 0 Å². The molecule has 0 fully saturated rings. The maximum atomic E-state index is 13.2. The van der Waals surface area contributed by atoms with Gasteiger partial charge in [0, 0.05) is 12.7 Å². The summed E-state index contributed by atoms with van der Waals surface area (Å²) in [4.78, 5) is 11.0. The molecule has 0 aliphatic carbocycles. The summed E-state index contributed by atoms with van der Waals surface area (Å²) in [5.41, 5.74) is 5.51. The molecule has 6 nitrogen and oxygen atoms in total. The Morgan fingerprint density at radius 3 is 2.81 bits per heavy atom. The highest BCUT2D eigenvalue weighted by Gasteiger charge is 2.09. The summed E-state index contributed by atoms with van der Waals surface area (Å²) in [6, 6.07) is 3.29. The van der Waals surface area contributed by atoms with Gasteiger partial charge in [0.1, 0.15) is 5.82 Å². The number of urea groups is 1. The summed E-state index contributed by atoms with van der Waals surface area (Å²) in [6.07, 6.45) is 0. The number of hydrogen-bond donors (Lipinski definition) is 4. The zero-order valence-corrected chi connectivity index (χ0v) is 8.49. The van der Waals surface area contributed by atoms with E-state index in [1.807, 2.05) is 0 Å². The minimum Gasteiger partial charge on any atom is -0.409 e. The Labute approximate surface area is 90.9 Å². The van der Waals surface area contributed by atoms with Gasteiger partial charge in [-0.15, -0.1) is 0 Å². The Morgan fingerprint density at radius 1 is 1.56 bits per heavy atom. The highest BCUT2D eigenvalue weighted by Crippen LogP contribution is 2.14. The van der Waals surface area contributed by atoms with Gasteiger partial charge in [0.25, 0.3) is 0 Å². The molecule has 1 aromatic carbocycles. The van der Waals surface area contributed by atoms with Crippen molar-refractivity contribution < 1.29 is 14.4 Å². The Morgan fingerprint density at radius 2 is 2.25 bits per heavy atom. The summed E-state index contributed by atoms with van der Waals surface area (Å²) < 4.78 is 13.2.